The van der Waals surface area contributed by atoms with Gasteiger partial charge >= 0.3 is 0 Å². The lowest BCUT2D eigenvalue weighted by Gasteiger charge is -2.23. The van der Waals surface area contributed by atoms with E-state index >= 15 is 0 Å². The average molecular weight is 326 g/mol. The zero-order valence-electron chi connectivity index (χ0n) is 12.2. The van der Waals surface area contributed by atoms with E-state index in [-0.39, 0.29) is 12.2 Å². The van der Waals surface area contributed by atoms with Crippen LogP contribution < -0.4 is 10.5 Å². The first-order chi connectivity index (χ1) is 10.8. The van der Waals surface area contributed by atoms with Gasteiger partial charge in [0, 0.05) is 0 Å². The molecule has 3 N–H and O–H groups in total. The molecule has 0 atom stereocenters. The molecule has 0 aliphatic carbocycles. The second-order valence-electron chi connectivity index (χ2n) is 5.16. The molecule has 3 rings (SSSR count). The van der Waals surface area contributed by atoms with Crippen LogP contribution in [0.4, 0.5) is 0 Å². The molecule has 1 aliphatic heterocycles. The van der Waals surface area contributed by atoms with Crippen LogP contribution in [0.2, 0.25) is 0 Å². The van der Waals surface area contributed by atoms with Crippen LogP contribution in [0, 0.1) is 0 Å². The van der Waals surface area contributed by atoms with Gasteiger partial charge in [-0.25, -0.2) is 9.67 Å². The third-order valence-electron chi connectivity index (χ3n) is 3.69. The number of ether oxygens (including phenoxy) is 1. The van der Waals surface area contributed by atoms with Crippen LogP contribution in [-0.4, -0.2) is 70.1 Å². The van der Waals surface area contributed by atoms with Crippen molar-refractivity contribution in [1.82, 2.24) is 19.7 Å². The van der Waals surface area contributed by atoms with Gasteiger partial charge in [-0.15, -0.1) is 0 Å². The van der Waals surface area contributed by atoms with Crippen molar-refractivity contribution < 1.29 is 14.7 Å². The molecule has 3 heterocycles. The minimum atomic E-state index is -0.185. The van der Waals surface area contributed by atoms with E-state index in [1.54, 1.807) is 16.4 Å². The fourth-order valence-electron chi connectivity index (χ4n) is 2.47. The number of rotatable bonds is 6. The average Bonchev–Trinajstić information content (AvgIpc) is 2.93. The molecule has 0 amide bonds. The molecule has 1 aliphatic rings. The second kappa shape index (κ2) is 7.23. The molecule has 120 valence electrons. The predicted molar refractivity (Wildman–Crippen MR) is 82.3 cm³/mol. The van der Waals surface area contributed by atoms with E-state index in [1.807, 2.05) is 0 Å². The summed E-state index contributed by atoms with van der Waals surface area (Å²) in [4.78, 5) is 20.8. The van der Waals surface area contributed by atoms with E-state index in [4.69, 9.17) is 9.84 Å². The van der Waals surface area contributed by atoms with Gasteiger partial charge in [0.1, 0.15) is 18.5 Å². The molecule has 0 bridgehead atoms. The molecule has 9 heteroatoms. The van der Waals surface area contributed by atoms with Crippen molar-refractivity contribution in [2.75, 3.05) is 45.2 Å². The van der Waals surface area contributed by atoms with Crippen LogP contribution in [0.3, 0.4) is 0 Å². The molecule has 0 saturated carbocycles. The lowest BCUT2D eigenvalue weighted by Crippen LogP contribution is -3.14. The van der Waals surface area contributed by atoms with Crippen molar-refractivity contribution in [1.29, 1.82) is 0 Å². The lowest BCUT2D eigenvalue weighted by atomic mass is 10.4. The molecular weight excluding hydrogens is 306 g/mol. The van der Waals surface area contributed by atoms with Crippen LogP contribution in [0.1, 0.15) is 0 Å². The van der Waals surface area contributed by atoms with Gasteiger partial charge in [-0.3, -0.25) is 4.79 Å². The van der Waals surface area contributed by atoms with E-state index in [2.05, 4.69) is 15.1 Å². The minimum absolute atomic E-state index is 0.0336. The van der Waals surface area contributed by atoms with Gasteiger partial charge in [-0.1, -0.05) is 11.8 Å². The van der Waals surface area contributed by atoms with E-state index in [0.717, 1.165) is 38.6 Å². The molecule has 22 heavy (non-hydrogen) atoms. The topological polar surface area (TPSA) is 97.5 Å². The maximum Gasteiger partial charge on any atom is 0.262 e. The summed E-state index contributed by atoms with van der Waals surface area (Å²) in [6.07, 6.45) is 1.49. The Morgan fingerprint density at radius 1 is 1.45 bits per heavy atom. The van der Waals surface area contributed by atoms with Crippen molar-refractivity contribution in [3.05, 3.63) is 16.6 Å². The highest BCUT2D eigenvalue weighted by molar-refractivity contribution is 7.99. The SMILES string of the molecule is O=c1[nH]c(SCC[NH+]2CCOCC2)nc2c1cnn2CCO. The first-order valence-electron chi connectivity index (χ1n) is 7.39. The number of hydrogen-bond acceptors (Lipinski definition) is 6. The van der Waals surface area contributed by atoms with Gasteiger partial charge in [0.2, 0.25) is 0 Å². The molecule has 0 spiro atoms. The zero-order valence-corrected chi connectivity index (χ0v) is 13.1. The molecular formula is C13H20N5O3S+. The molecule has 1 fully saturated rings. The van der Waals surface area contributed by atoms with Crippen LogP contribution in [-0.2, 0) is 11.3 Å². The van der Waals surface area contributed by atoms with Gasteiger partial charge in [0.15, 0.2) is 10.8 Å². The first-order valence-corrected chi connectivity index (χ1v) is 8.37. The minimum Gasteiger partial charge on any atom is -0.394 e. The van der Waals surface area contributed by atoms with Crippen molar-refractivity contribution in [3.8, 4) is 0 Å². The Bertz CT molecular complexity index is 680. The number of aromatic amines is 1. The number of quaternary nitrogens is 1. The molecule has 2 aromatic heterocycles. The molecule has 0 radical (unpaired) electrons. The number of fused-ring (bicyclic) bond motifs is 1. The molecule has 2 aromatic rings. The number of thioether (sulfide) groups is 1. The third kappa shape index (κ3) is 3.49. The quantitative estimate of drug-likeness (QED) is 0.425. The molecule has 8 nitrogen and oxygen atoms in total. The molecule has 0 unspecified atom stereocenters. The predicted octanol–water partition coefficient (Wildman–Crippen LogP) is -1.88. The Morgan fingerprint density at radius 2 is 2.27 bits per heavy atom. The number of nitrogens with zero attached hydrogens (tertiary/aromatic N) is 3. The number of H-pyrrole nitrogens is 1. The highest BCUT2D eigenvalue weighted by Crippen LogP contribution is 2.13. The highest BCUT2D eigenvalue weighted by Gasteiger charge is 2.14. The Kier molecular flexibility index (Phi) is 5.08. The normalized spacial score (nSPS) is 16.4. The summed E-state index contributed by atoms with van der Waals surface area (Å²) in [5.41, 5.74) is 0.342. The Hall–Kier alpha value is -1.42. The van der Waals surface area contributed by atoms with Crippen molar-refractivity contribution >= 4 is 22.8 Å². The monoisotopic (exact) mass is 326 g/mol. The van der Waals surface area contributed by atoms with Gasteiger partial charge in [-0.2, -0.15) is 5.10 Å². The summed E-state index contributed by atoms with van der Waals surface area (Å²) >= 11 is 1.54. The van der Waals surface area contributed by atoms with Crippen LogP contribution in [0.25, 0.3) is 11.0 Å². The number of aromatic nitrogens is 4. The van der Waals surface area contributed by atoms with E-state index in [0.29, 0.717) is 22.7 Å². The van der Waals surface area contributed by atoms with Crippen LogP contribution in [0.15, 0.2) is 16.1 Å². The Morgan fingerprint density at radius 3 is 3.05 bits per heavy atom. The van der Waals surface area contributed by atoms with Crippen molar-refractivity contribution in [2.45, 2.75) is 11.7 Å². The maximum absolute atomic E-state index is 12.0. The van der Waals surface area contributed by atoms with E-state index < -0.39 is 0 Å². The summed E-state index contributed by atoms with van der Waals surface area (Å²) in [5.74, 6) is 0.887. The second-order valence-corrected chi connectivity index (χ2v) is 6.24. The van der Waals surface area contributed by atoms with Crippen LogP contribution in [0.5, 0.6) is 0 Å². The highest BCUT2D eigenvalue weighted by atomic mass is 32.2. The zero-order chi connectivity index (χ0) is 15.4. The first kappa shape index (κ1) is 15.5. The van der Waals surface area contributed by atoms with Crippen molar-refractivity contribution in [3.63, 3.8) is 0 Å². The fourth-order valence-corrected chi connectivity index (χ4v) is 3.37. The fraction of sp³-hybridized carbons (Fsp3) is 0.615. The van der Waals surface area contributed by atoms with Gasteiger partial charge < -0.3 is 19.7 Å². The van der Waals surface area contributed by atoms with Gasteiger partial charge in [-0.05, 0) is 0 Å². The molecule has 1 saturated heterocycles. The van der Waals surface area contributed by atoms with E-state index in [9.17, 15) is 4.79 Å². The largest absolute Gasteiger partial charge is 0.394 e. The van der Waals surface area contributed by atoms with Crippen molar-refractivity contribution in [2.24, 2.45) is 0 Å². The summed E-state index contributed by atoms with van der Waals surface area (Å²) in [7, 11) is 0. The Labute approximate surface area is 131 Å². The standard InChI is InChI=1S/C13H19N5O3S/c19-5-1-18-11-10(9-14-18)12(20)16-13(15-11)22-8-4-17-2-6-21-7-3-17/h9,19H,1-8H2,(H,15,16,20)/p+1. The van der Waals surface area contributed by atoms with E-state index in [1.165, 1.54) is 11.1 Å². The van der Waals surface area contributed by atoms with Gasteiger partial charge in [0.05, 0.1) is 44.9 Å². The summed E-state index contributed by atoms with van der Waals surface area (Å²) < 4.78 is 6.90. The maximum atomic E-state index is 12.0. The lowest BCUT2D eigenvalue weighted by molar-refractivity contribution is -0.905. The molecule has 0 aromatic carbocycles. The summed E-state index contributed by atoms with van der Waals surface area (Å²) in [6, 6.07) is 0. The Balaban J connectivity index is 1.67. The number of aliphatic hydroxyl groups excluding tert-OH is 1. The summed E-state index contributed by atoms with van der Waals surface area (Å²) in [6.45, 7) is 5.03. The number of nitrogens with one attached hydrogen (secondary N) is 2. The third-order valence-corrected chi connectivity index (χ3v) is 4.57. The smallest absolute Gasteiger partial charge is 0.262 e. The van der Waals surface area contributed by atoms with Crippen LogP contribution >= 0.6 is 11.8 Å². The number of morpholine rings is 1. The van der Waals surface area contributed by atoms with Gasteiger partial charge in [0.25, 0.3) is 5.56 Å². The summed E-state index contributed by atoms with van der Waals surface area (Å²) in [5, 5.41) is 14.2. The number of aliphatic hydroxyl groups is 1. The number of hydrogen-bond donors (Lipinski definition) is 3.